The molecule has 7 nitrogen and oxygen atoms in total. The fourth-order valence-corrected chi connectivity index (χ4v) is 6.77. The summed E-state index contributed by atoms with van der Waals surface area (Å²) in [6.07, 6.45) is 8.60. The third kappa shape index (κ3) is 5.19. The van der Waals surface area contributed by atoms with Crippen LogP contribution in [0.1, 0.15) is 52.6 Å². The van der Waals surface area contributed by atoms with Gasteiger partial charge in [0.1, 0.15) is 17.4 Å². The summed E-state index contributed by atoms with van der Waals surface area (Å²) in [5.41, 5.74) is 6.17. The molecular weight excluding hydrogens is 553 g/mol. The van der Waals surface area contributed by atoms with Gasteiger partial charge in [-0.05, 0) is 79.3 Å². The van der Waals surface area contributed by atoms with Crippen LogP contribution in [0, 0.1) is 26.6 Å². The van der Waals surface area contributed by atoms with Crippen molar-refractivity contribution in [3.05, 3.63) is 118 Å². The Morgan fingerprint density at radius 2 is 1.68 bits per heavy atom. The predicted molar refractivity (Wildman–Crippen MR) is 173 cm³/mol. The van der Waals surface area contributed by atoms with Crippen LogP contribution in [0.25, 0.3) is 21.8 Å². The highest BCUT2D eigenvalue weighted by atomic mass is 19.1. The molecule has 3 heterocycles. The summed E-state index contributed by atoms with van der Waals surface area (Å²) in [5, 5.41) is 8.00. The van der Waals surface area contributed by atoms with E-state index >= 15 is 0 Å². The topological polar surface area (TPSA) is 93.0 Å². The van der Waals surface area contributed by atoms with E-state index < -0.39 is 17.4 Å². The number of amides is 2. The zero-order valence-electron chi connectivity index (χ0n) is 25.6. The lowest BCUT2D eigenvalue weighted by molar-refractivity contribution is -0.132. The van der Waals surface area contributed by atoms with E-state index in [1.807, 2.05) is 30.5 Å². The van der Waals surface area contributed by atoms with Gasteiger partial charge >= 0.3 is 0 Å². The van der Waals surface area contributed by atoms with E-state index in [1.54, 1.807) is 12.3 Å². The van der Waals surface area contributed by atoms with Gasteiger partial charge in [-0.1, -0.05) is 42.5 Å². The Kier molecular flexibility index (Phi) is 7.86. The lowest BCUT2D eigenvalue weighted by Crippen LogP contribution is -2.64. The zero-order chi connectivity index (χ0) is 31.0. The van der Waals surface area contributed by atoms with Crippen molar-refractivity contribution in [1.82, 2.24) is 25.5 Å². The lowest BCUT2D eigenvalue weighted by Gasteiger charge is -2.49. The van der Waals surface area contributed by atoms with E-state index in [2.05, 4.69) is 70.6 Å². The SMILES string of the molecule is CC(=O)NC(c1c[nH]c2ccccc12)(C(C(=O)NCc1cc(C)c(C)c(C)c1)c1c[nH]c2ccc(F)cc12)N1CC=CCC1. The highest BCUT2D eigenvalue weighted by molar-refractivity contribution is 5.95. The molecule has 0 radical (unpaired) electrons. The number of aromatic amines is 2. The molecule has 8 heteroatoms. The summed E-state index contributed by atoms with van der Waals surface area (Å²) >= 11 is 0. The van der Waals surface area contributed by atoms with E-state index in [1.165, 1.54) is 24.6 Å². The number of carbonyl (C=O) groups is 2. The molecule has 0 spiro atoms. The Labute approximate surface area is 256 Å². The van der Waals surface area contributed by atoms with Crippen LogP contribution in [0.15, 0.2) is 79.1 Å². The average Bonchev–Trinajstić information content (AvgIpc) is 3.63. The number of nitrogens with zero attached hydrogens (tertiary/aromatic N) is 1. The number of nitrogens with one attached hydrogen (secondary N) is 4. The first-order valence-corrected chi connectivity index (χ1v) is 15.1. The Bertz CT molecular complexity index is 1880. The van der Waals surface area contributed by atoms with Crippen molar-refractivity contribution in [1.29, 1.82) is 0 Å². The molecule has 2 aromatic heterocycles. The second-order valence-corrected chi connectivity index (χ2v) is 11.8. The standard InChI is InChI=1S/C36H38FN5O2/c1-22-16-26(17-23(2)24(22)3)19-40-35(44)34(30-20-38-33-13-12-27(37)18-29(30)33)36(41-25(4)43,42-14-8-5-9-15-42)31-21-39-32-11-7-6-10-28(31)32/h5-8,10-13,16-18,20-21,34,38-39H,9,14-15,19H2,1-4H3,(H,40,44)(H,41,43). The molecule has 0 aliphatic carbocycles. The van der Waals surface area contributed by atoms with Gasteiger partial charge in [-0.3, -0.25) is 14.5 Å². The molecule has 3 aromatic carbocycles. The van der Waals surface area contributed by atoms with Gasteiger partial charge in [-0.15, -0.1) is 0 Å². The number of aryl methyl sites for hydroxylation is 2. The van der Waals surface area contributed by atoms with Crippen LogP contribution in [0.4, 0.5) is 4.39 Å². The van der Waals surface area contributed by atoms with Crippen molar-refractivity contribution in [3.63, 3.8) is 0 Å². The van der Waals surface area contributed by atoms with Crippen LogP contribution < -0.4 is 10.6 Å². The number of fused-ring (bicyclic) bond motifs is 2. The molecule has 2 unspecified atom stereocenters. The Balaban J connectivity index is 1.59. The molecule has 0 fully saturated rings. The van der Waals surface area contributed by atoms with Crippen molar-refractivity contribution >= 4 is 33.6 Å². The Morgan fingerprint density at radius 3 is 2.41 bits per heavy atom. The number of para-hydroxylation sites is 1. The van der Waals surface area contributed by atoms with E-state index in [9.17, 15) is 14.0 Å². The third-order valence-electron chi connectivity index (χ3n) is 9.04. The molecule has 5 aromatic rings. The molecule has 6 rings (SSSR count). The van der Waals surface area contributed by atoms with Gasteiger partial charge in [0.25, 0.3) is 0 Å². The minimum Gasteiger partial charge on any atom is -0.361 e. The molecule has 2 atom stereocenters. The first-order valence-electron chi connectivity index (χ1n) is 15.1. The summed E-state index contributed by atoms with van der Waals surface area (Å²) in [5.74, 6) is -1.92. The number of aromatic nitrogens is 2. The summed E-state index contributed by atoms with van der Waals surface area (Å²) in [7, 11) is 0. The third-order valence-corrected chi connectivity index (χ3v) is 9.04. The summed E-state index contributed by atoms with van der Waals surface area (Å²) < 4.78 is 14.8. The molecule has 44 heavy (non-hydrogen) atoms. The molecule has 0 saturated carbocycles. The quantitative estimate of drug-likeness (QED) is 0.158. The highest BCUT2D eigenvalue weighted by Gasteiger charge is 2.52. The van der Waals surface area contributed by atoms with Crippen LogP contribution in [0.2, 0.25) is 0 Å². The second-order valence-electron chi connectivity index (χ2n) is 11.8. The van der Waals surface area contributed by atoms with Crippen LogP contribution in [-0.4, -0.2) is 39.8 Å². The first kappa shape index (κ1) is 29.4. The normalized spacial score (nSPS) is 15.8. The van der Waals surface area contributed by atoms with Crippen molar-refractivity contribution in [3.8, 4) is 0 Å². The van der Waals surface area contributed by atoms with Gasteiger partial charge in [-0.2, -0.15) is 0 Å². The van der Waals surface area contributed by atoms with Crippen molar-refractivity contribution in [2.45, 2.75) is 52.2 Å². The van der Waals surface area contributed by atoms with E-state index in [4.69, 9.17) is 0 Å². The monoisotopic (exact) mass is 591 g/mol. The van der Waals surface area contributed by atoms with Crippen molar-refractivity contribution in [2.75, 3.05) is 13.1 Å². The van der Waals surface area contributed by atoms with Crippen molar-refractivity contribution in [2.24, 2.45) is 0 Å². The largest absolute Gasteiger partial charge is 0.361 e. The molecular formula is C36H38FN5O2. The molecule has 226 valence electrons. The summed E-state index contributed by atoms with van der Waals surface area (Å²) in [4.78, 5) is 36.9. The number of carbonyl (C=O) groups excluding carboxylic acids is 2. The van der Waals surface area contributed by atoms with E-state index in [0.717, 1.165) is 39.6 Å². The maximum atomic E-state index is 14.9. The molecule has 2 amide bonds. The number of halogens is 1. The van der Waals surface area contributed by atoms with Gasteiger partial charge in [0, 0.05) is 66.3 Å². The smallest absolute Gasteiger partial charge is 0.232 e. The second kappa shape index (κ2) is 11.8. The maximum absolute atomic E-state index is 14.9. The average molecular weight is 592 g/mol. The minimum atomic E-state index is -1.32. The zero-order valence-corrected chi connectivity index (χ0v) is 25.6. The van der Waals surface area contributed by atoms with Crippen molar-refractivity contribution < 1.29 is 14.0 Å². The van der Waals surface area contributed by atoms with Gasteiger partial charge in [0.2, 0.25) is 11.8 Å². The van der Waals surface area contributed by atoms with Gasteiger partial charge in [0.15, 0.2) is 0 Å². The van der Waals surface area contributed by atoms with Crippen LogP contribution in [0.3, 0.4) is 0 Å². The number of hydrogen-bond donors (Lipinski definition) is 4. The Hall–Kier alpha value is -4.69. The number of rotatable bonds is 8. The molecule has 1 aliphatic heterocycles. The summed E-state index contributed by atoms with van der Waals surface area (Å²) in [6, 6.07) is 16.6. The maximum Gasteiger partial charge on any atom is 0.232 e. The Morgan fingerprint density at radius 1 is 0.955 bits per heavy atom. The van der Waals surface area contributed by atoms with Gasteiger partial charge < -0.3 is 20.6 Å². The highest BCUT2D eigenvalue weighted by Crippen LogP contribution is 2.46. The first-order chi connectivity index (χ1) is 21.2. The minimum absolute atomic E-state index is 0.278. The molecule has 1 aliphatic rings. The van der Waals surface area contributed by atoms with Crippen LogP contribution >= 0.6 is 0 Å². The number of H-pyrrole nitrogens is 2. The number of benzene rings is 3. The lowest BCUT2D eigenvalue weighted by atomic mass is 9.77. The van der Waals surface area contributed by atoms with Crippen LogP contribution in [0.5, 0.6) is 0 Å². The molecule has 0 saturated heterocycles. The molecule has 4 N–H and O–H groups in total. The fourth-order valence-electron chi connectivity index (χ4n) is 6.77. The van der Waals surface area contributed by atoms with Gasteiger partial charge in [-0.25, -0.2) is 4.39 Å². The molecule has 0 bridgehead atoms. The number of hydrogen-bond acceptors (Lipinski definition) is 3. The van der Waals surface area contributed by atoms with E-state index in [0.29, 0.717) is 36.1 Å². The summed E-state index contributed by atoms with van der Waals surface area (Å²) in [6.45, 7) is 9.13. The van der Waals surface area contributed by atoms with E-state index in [-0.39, 0.29) is 11.8 Å². The fraction of sp³-hybridized carbons (Fsp3) is 0.278. The van der Waals surface area contributed by atoms with Crippen LogP contribution in [-0.2, 0) is 21.8 Å². The predicted octanol–water partition coefficient (Wildman–Crippen LogP) is 6.36. The van der Waals surface area contributed by atoms with Gasteiger partial charge in [0.05, 0.1) is 0 Å².